The molecule has 104 valence electrons. The van der Waals surface area contributed by atoms with Gasteiger partial charge in [-0.2, -0.15) is 0 Å². The number of rotatable bonds is 3. The molecule has 0 aromatic heterocycles. The molecule has 0 aromatic rings. The molecular formula is C15H28N2O. The van der Waals surface area contributed by atoms with Gasteiger partial charge < -0.3 is 10.6 Å². The molecule has 2 unspecified atom stereocenters. The Hall–Kier alpha value is -0.570. The molecule has 1 saturated carbocycles. The third-order valence-corrected chi connectivity index (χ3v) is 4.79. The summed E-state index contributed by atoms with van der Waals surface area (Å²) in [6.45, 7) is 5.34. The Morgan fingerprint density at radius 1 is 1.17 bits per heavy atom. The highest BCUT2D eigenvalue weighted by Crippen LogP contribution is 2.25. The van der Waals surface area contributed by atoms with Crippen molar-refractivity contribution in [3.05, 3.63) is 0 Å². The fraction of sp³-hybridized carbons (Fsp3) is 0.933. The Morgan fingerprint density at radius 2 is 1.83 bits per heavy atom. The van der Waals surface area contributed by atoms with Gasteiger partial charge in [-0.15, -0.1) is 0 Å². The minimum atomic E-state index is 0.0400. The third-order valence-electron chi connectivity index (χ3n) is 4.79. The molecule has 1 saturated heterocycles. The van der Waals surface area contributed by atoms with Gasteiger partial charge in [0, 0.05) is 6.04 Å². The number of carbonyl (C=O) groups is 1. The van der Waals surface area contributed by atoms with Crippen molar-refractivity contribution in [3.63, 3.8) is 0 Å². The third kappa shape index (κ3) is 3.47. The van der Waals surface area contributed by atoms with Gasteiger partial charge in [0.2, 0.25) is 5.91 Å². The van der Waals surface area contributed by atoms with E-state index >= 15 is 0 Å². The summed E-state index contributed by atoms with van der Waals surface area (Å²) >= 11 is 0. The van der Waals surface area contributed by atoms with Crippen LogP contribution in [-0.4, -0.2) is 24.5 Å². The number of nitrogens with one attached hydrogen (secondary N) is 2. The van der Waals surface area contributed by atoms with Crippen LogP contribution in [0, 0.1) is 11.8 Å². The van der Waals surface area contributed by atoms with Crippen LogP contribution < -0.4 is 10.6 Å². The molecule has 0 bridgehead atoms. The molecule has 2 fully saturated rings. The summed E-state index contributed by atoms with van der Waals surface area (Å²) in [5.41, 5.74) is 0. The lowest BCUT2D eigenvalue weighted by Gasteiger charge is -2.26. The van der Waals surface area contributed by atoms with Gasteiger partial charge in [0.25, 0.3) is 0 Å². The maximum absolute atomic E-state index is 12.2. The second-order valence-corrected chi connectivity index (χ2v) is 6.25. The van der Waals surface area contributed by atoms with Crippen molar-refractivity contribution in [1.82, 2.24) is 10.6 Å². The molecule has 18 heavy (non-hydrogen) atoms. The van der Waals surface area contributed by atoms with Crippen LogP contribution in [-0.2, 0) is 4.79 Å². The summed E-state index contributed by atoms with van der Waals surface area (Å²) in [6, 6.07) is 0.378. The van der Waals surface area contributed by atoms with Crippen molar-refractivity contribution in [2.24, 2.45) is 11.8 Å². The van der Waals surface area contributed by atoms with Gasteiger partial charge in [-0.3, -0.25) is 4.79 Å². The van der Waals surface area contributed by atoms with Gasteiger partial charge in [0.15, 0.2) is 0 Å². The van der Waals surface area contributed by atoms with Crippen LogP contribution in [0.1, 0.15) is 58.8 Å². The fourth-order valence-electron chi connectivity index (χ4n) is 3.43. The first-order chi connectivity index (χ1) is 8.68. The highest BCUT2D eigenvalue weighted by molar-refractivity contribution is 5.82. The zero-order valence-corrected chi connectivity index (χ0v) is 11.9. The van der Waals surface area contributed by atoms with Gasteiger partial charge in [-0.1, -0.05) is 32.6 Å². The Bertz CT molecular complexity index is 272. The van der Waals surface area contributed by atoms with E-state index in [1.165, 1.54) is 38.5 Å². The van der Waals surface area contributed by atoms with Crippen molar-refractivity contribution < 1.29 is 4.79 Å². The Morgan fingerprint density at radius 3 is 2.39 bits per heavy atom. The summed E-state index contributed by atoms with van der Waals surface area (Å²) < 4.78 is 0. The molecule has 2 aliphatic rings. The molecule has 1 amide bonds. The van der Waals surface area contributed by atoms with Crippen molar-refractivity contribution >= 4 is 5.91 Å². The van der Waals surface area contributed by atoms with Crippen LogP contribution in [0.25, 0.3) is 0 Å². The van der Waals surface area contributed by atoms with E-state index in [2.05, 4.69) is 24.5 Å². The lowest BCUT2D eigenvalue weighted by molar-refractivity contribution is -0.124. The van der Waals surface area contributed by atoms with Crippen LogP contribution in [0.2, 0.25) is 0 Å². The molecule has 0 spiro atoms. The second-order valence-electron chi connectivity index (χ2n) is 6.25. The molecule has 1 aliphatic carbocycles. The zero-order valence-electron chi connectivity index (χ0n) is 11.9. The first-order valence-corrected chi connectivity index (χ1v) is 7.72. The lowest BCUT2D eigenvalue weighted by atomic mass is 9.92. The van der Waals surface area contributed by atoms with Crippen molar-refractivity contribution in [2.75, 3.05) is 6.54 Å². The van der Waals surface area contributed by atoms with Crippen molar-refractivity contribution in [1.29, 1.82) is 0 Å². The topological polar surface area (TPSA) is 41.1 Å². The number of hydrogen-bond donors (Lipinski definition) is 2. The smallest absolute Gasteiger partial charge is 0.237 e. The van der Waals surface area contributed by atoms with Gasteiger partial charge in [0.1, 0.15) is 0 Å². The number of hydrogen-bond acceptors (Lipinski definition) is 2. The molecule has 1 aliphatic heterocycles. The summed E-state index contributed by atoms with van der Waals surface area (Å²) in [5, 5.41) is 6.56. The average Bonchev–Trinajstić information content (AvgIpc) is 2.63. The molecule has 0 aromatic carbocycles. The monoisotopic (exact) mass is 252 g/mol. The first-order valence-electron chi connectivity index (χ1n) is 7.72. The summed E-state index contributed by atoms with van der Waals surface area (Å²) in [6.07, 6.45) is 9.11. The van der Waals surface area contributed by atoms with Crippen LogP contribution in [0.5, 0.6) is 0 Å². The minimum absolute atomic E-state index is 0.0400. The van der Waals surface area contributed by atoms with Crippen LogP contribution in [0.15, 0.2) is 0 Å². The van der Waals surface area contributed by atoms with Crippen LogP contribution >= 0.6 is 0 Å². The highest BCUT2D eigenvalue weighted by atomic mass is 16.2. The van der Waals surface area contributed by atoms with Gasteiger partial charge in [-0.05, 0) is 44.6 Å². The Kier molecular flexibility index (Phi) is 5.04. The van der Waals surface area contributed by atoms with Gasteiger partial charge in [0.05, 0.1) is 6.04 Å². The summed E-state index contributed by atoms with van der Waals surface area (Å²) in [7, 11) is 0. The quantitative estimate of drug-likeness (QED) is 0.758. The molecule has 1 heterocycles. The normalized spacial score (nSPS) is 31.9. The molecule has 2 rings (SSSR count). The van der Waals surface area contributed by atoms with E-state index in [0.717, 1.165) is 13.0 Å². The number of amides is 1. The van der Waals surface area contributed by atoms with Crippen molar-refractivity contribution in [2.45, 2.75) is 70.9 Å². The van der Waals surface area contributed by atoms with Crippen LogP contribution in [0.3, 0.4) is 0 Å². The SMILES string of the molecule is CC1CCNC1C(=O)N[C@H](C)C1CCCCCC1. The molecule has 3 heteroatoms. The van der Waals surface area contributed by atoms with Gasteiger partial charge >= 0.3 is 0 Å². The molecule has 3 nitrogen and oxygen atoms in total. The fourth-order valence-corrected chi connectivity index (χ4v) is 3.43. The largest absolute Gasteiger partial charge is 0.352 e. The van der Waals surface area contributed by atoms with E-state index in [1.54, 1.807) is 0 Å². The Labute approximate surface area is 111 Å². The van der Waals surface area contributed by atoms with E-state index in [9.17, 15) is 4.79 Å². The highest BCUT2D eigenvalue weighted by Gasteiger charge is 2.31. The lowest BCUT2D eigenvalue weighted by Crippen LogP contribution is -2.48. The average molecular weight is 252 g/mol. The predicted molar refractivity (Wildman–Crippen MR) is 74.4 cm³/mol. The van der Waals surface area contributed by atoms with E-state index in [1.807, 2.05) is 0 Å². The van der Waals surface area contributed by atoms with E-state index < -0.39 is 0 Å². The maximum atomic E-state index is 12.2. The molecule has 2 N–H and O–H groups in total. The van der Waals surface area contributed by atoms with E-state index in [4.69, 9.17) is 0 Å². The predicted octanol–water partition coefficient (Wildman–Crippen LogP) is 2.46. The number of carbonyl (C=O) groups excluding carboxylic acids is 1. The summed E-state index contributed by atoms with van der Waals surface area (Å²) in [4.78, 5) is 12.2. The maximum Gasteiger partial charge on any atom is 0.237 e. The summed E-state index contributed by atoms with van der Waals surface area (Å²) in [5.74, 6) is 1.39. The molecular weight excluding hydrogens is 224 g/mol. The minimum Gasteiger partial charge on any atom is -0.352 e. The molecule has 0 radical (unpaired) electrons. The second kappa shape index (κ2) is 6.55. The van der Waals surface area contributed by atoms with Crippen molar-refractivity contribution in [3.8, 4) is 0 Å². The van der Waals surface area contributed by atoms with E-state index in [0.29, 0.717) is 17.9 Å². The standard InChI is InChI=1S/C15H28N2O/c1-11-9-10-16-14(11)15(18)17-12(2)13-7-5-3-4-6-8-13/h11-14,16H,3-10H2,1-2H3,(H,17,18)/t11?,12-,14?/m1/s1. The van der Waals surface area contributed by atoms with Gasteiger partial charge in [-0.25, -0.2) is 0 Å². The molecule has 3 atom stereocenters. The first kappa shape index (κ1) is 13.9. The van der Waals surface area contributed by atoms with E-state index in [-0.39, 0.29) is 11.9 Å². The van der Waals surface area contributed by atoms with Crippen LogP contribution in [0.4, 0.5) is 0 Å². The zero-order chi connectivity index (χ0) is 13.0. The Balaban J connectivity index is 1.82.